The van der Waals surface area contributed by atoms with Crippen LogP contribution in [0.2, 0.25) is 0 Å². The molecular weight excluding hydrogens is 521 g/mol. The molecule has 2 aliphatic heterocycles. The minimum absolute atomic E-state index is 0.136. The van der Waals surface area contributed by atoms with Crippen LogP contribution in [0.4, 0.5) is 10.2 Å². The maximum absolute atomic E-state index is 14.3. The number of aromatic nitrogens is 1. The highest BCUT2D eigenvalue weighted by atomic mass is 19.1. The third-order valence-corrected chi connectivity index (χ3v) is 8.59. The number of rotatable bonds is 7. The number of benzene rings is 2. The monoisotopic (exact) mass is 561 g/mol. The van der Waals surface area contributed by atoms with Gasteiger partial charge in [0, 0.05) is 36.6 Å². The third kappa shape index (κ3) is 5.23. The number of carbonyl (C=O) groups is 3. The number of likely N-dealkylation sites (tertiary alicyclic amines) is 1. The molecular formula is C32H40FN5O3. The Morgan fingerprint density at radius 3 is 2.41 bits per heavy atom. The Balaban J connectivity index is 1.63. The van der Waals surface area contributed by atoms with Crippen molar-refractivity contribution in [1.82, 2.24) is 15.2 Å². The number of aromatic amines is 1. The number of ketones is 1. The van der Waals surface area contributed by atoms with Gasteiger partial charge < -0.3 is 25.8 Å². The van der Waals surface area contributed by atoms with Crippen LogP contribution in [0.3, 0.4) is 0 Å². The normalized spacial score (nSPS) is 20.3. The standard InChI is InChI=1S/C32H40FN5O3/c1-19(2)38-17-15-32(30(38)41)14-7-16-37(18-32)28-26(27(39)20(3)35-29(40)31(4,5)34)25-23(8-6-9-24(25)36-28)21-10-12-22(33)13-11-21/h6,8-13,19-20,36H,7,14-18,34H2,1-5H3,(H,35,40)/t20-,32?/m1/s1. The van der Waals surface area contributed by atoms with E-state index in [0.29, 0.717) is 29.9 Å². The number of anilines is 1. The van der Waals surface area contributed by atoms with Crippen LogP contribution in [-0.2, 0) is 9.59 Å². The molecule has 1 spiro atoms. The fraction of sp³-hybridized carbons (Fsp3) is 0.469. The summed E-state index contributed by atoms with van der Waals surface area (Å²) in [5, 5.41) is 3.49. The van der Waals surface area contributed by atoms with Crippen LogP contribution in [0.25, 0.3) is 22.0 Å². The summed E-state index contributed by atoms with van der Waals surface area (Å²) < 4.78 is 13.8. The molecule has 2 amide bonds. The van der Waals surface area contributed by atoms with Gasteiger partial charge in [-0.1, -0.05) is 24.3 Å². The molecule has 9 heteroatoms. The Kier molecular flexibility index (Phi) is 7.44. The van der Waals surface area contributed by atoms with Crippen molar-refractivity contribution in [3.8, 4) is 11.1 Å². The maximum Gasteiger partial charge on any atom is 0.240 e. The number of nitrogens with two attached hydrogens (primary N) is 1. The molecule has 41 heavy (non-hydrogen) atoms. The Morgan fingerprint density at radius 2 is 1.78 bits per heavy atom. The van der Waals surface area contributed by atoms with Crippen molar-refractivity contribution < 1.29 is 18.8 Å². The molecule has 1 unspecified atom stereocenters. The van der Waals surface area contributed by atoms with E-state index in [9.17, 15) is 18.8 Å². The smallest absolute Gasteiger partial charge is 0.240 e. The number of Topliss-reactive ketones (excluding diaryl/α,β-unsaturated/α-hetero) is 1. The second-order valence-electron chi connectivity index (χ2n) is 12.5. The summed E-state index contributed by atoms with van der Waals surface area (Å²) in [6.45, 7) is 10.9. The Morgan fingerprint density at radius 1 is 1.07 bits per heavy atom. The van der Waals surface area contributed by atoms with Crippen LogP contribution in [0.15, 0.2) is 42.5 Å². The van der Waals surface area contributed by atoms with E-state index >= 15 is 0 Å². The van der Waals surface area contributed by atoms with Gasteiger partial charge in [0.1, 0.15) is 11.6 Å². The van der Waals surface area contributed by atoms with Crippen molar-refractivity contribution in [2.24, 2.45) is 11.1 Å². The molecule has 3 aromatic rings. The number of fused-ring (bicyclic) bond motifs is 1. The van der Waals surface area contributed by atoms with Gasteiger partial charge in [-0.2, -0.15) is 0 Å². The van der Waals surface area contributed by atoms with Crippen molar-refractivity contribution in [3.05, 3.63) is 53.8 Å². The molecule has 8 nitrogen and oxygen atoms in total. The van der Waals surface area contributed by atoms with Crippen LogP contribution in [-0.4, -0.2) is 64.7 Å². The third-order valence-electron chi connectivity index (χ3n) is 8.59. The number of nitrogens with one attached hydrogen (secondary N) is 2. The number of piperidine rings is 1. The van der Waals surface area contributed by atoms with Gasteiger partial charge in [0.05, 0.1) is 22.6 Å². The maximum atomic E-state index is 14.3. The van der Waals surface area contributed by atoms with E-state index in [0.717, 1.165) is 42.5 Å². The van der Waals surface area contributed by atoms with E-state index in [4.69, 9.17) is 5.73 Å². The fourth-order valence-corrected chi connectivity index (χ4v) is 6.29. The SMILES string of the molecule is CC(C)N1CCC2(CCCN(c3[nH]c4cccc(-c5ccc(F)cc5)c4c3C(=O)[C@@H](C)NC(=O)C(C)(C)N)C2)C1=O. The zero-order chi connectivity index (χ0) is 29.7. The summed E-state index contributed by atoms with van der Waals surface area (Å²) in [6.07, 6.45) is 2.41. The van der Waals surface area contributed by atoms with E-state index in [2.05, 4.69) is 15.2 Å². The van der Waals surface area contributed by atoms with E-state index in [1.807, 2.05) is 36.9 Å². The van der Waals surface area contributed by atoms with Crippen LogP contribution in [0, 0.1) is 11.2 Å². The van der Waals surface area contributed by atoms with Crippen molar-refractivity contribution in [2.75, 3.05) is 24.5 Å². The molecule has 0 radical (unpaired) electrons. The zero-order valence-corrected chi connectivity index (χ0v) is 24.5. The number of carbonyl (C=O) groups excluding carboxylic acids is 3. The molecule has 0 bridgehead atoms. The Hall–Kier alpha value is -3.72. The predicted molar refractivity (Wildman–Crippen MR) is 159 cm³/mol. The summed E-state index contributed by atoms with van der Waals surface area (Å²) in [7, 11) is 0. The van der Waals surface area contributed by atoms with Gasteiger partial charge in [-0.15, -0.1) is 0 Å². The first-order chi connectivity index (χ1) is 19.3. The van der Waals surface area contributed by atoms with Gasteiger partial charge >= 0.3 is 0 Å². The number of amides is 2. The minimum atomic E-state index is -1.15. The highest BCUT2D eigenvalue weighted by Crippen LogP contribution is 2.44. The van der Waals surface area contributed by atoms with Gasteiger partial charge in [0.15, 0.2) is 5.78 Å². The highest BCUT2D eigenvalue weighted by Gasteiger charge is 2.50. The topological polar surface area (TPSA) is 112 Å². The Bertz CT molecular complexity index is 1490. The van der Waals surface area contributed by atoms with E-state index < -0.39 is 22.9 Å². The van der Waals surface area contributed by atoms with Crippen LogP contribution in [0.5, 0.6) is 0 Å². The van der Waals surface area contributed by atoms with Gasteiger partial charge in [-0.3, -0.25) is 14.4 Å². The van der Waals surface area contributed by atoms with Crippen LogP contribution >= 0.6 is 0 Å². The molecule has 2 atom stereocenters. The predicted octanol–water partition coefficient (Wildman–Crippen LogP) is 4.63. The van der Waals surface area contributed by atoms with Crippen LogP contribution in [0.1, 0.15) is 64.2 Å². The quantitative estimate of drug-likeness (QED) is 0.365. The molecule has 2 aromatic carbocycles. The number of hydrogen-bond donors (Lipinski definition) is 3. The van der Waals surface area contributed by atoms with Crippen LogP contribution < -0.4 is 16.0 Å². The first-order valence-corrected chi connectivity index (χ1v) is 14.4. The lowest BCUT2D eigenvalue weighted by Gasteiger charge is -2.40. The number of nitrogens with zero attached hydrogens (tertiary/aromatic N) is 2. The summed E-state index contributed by atoms with van der Waals surface area (Å²) in [5.74, 6) is -0.218. The van der Waals surface area contributed by atoms with Crippen molar-refractivity contribution in [3.63, 3.8) is 0 Å². The highest BCUT2D eigenvalue weighted by molar-refractivity contribution is 6.19. The average Bonchev–Trinajstić information content (AvgIpc) is 3.46. The fourth-order valence-electron chi connectivity index (χ4n) is 6.29. The lowest BCUT2D eigenvalue weighted by atomic mass is 9.78. The molecule has 4 N–H and O–H groups in total. The number of hydrogen-bond acceptors (Lipinski definition) is 5. The Labute approximate surface area is 240 Å². The molecule has 2 fully saturated rings. The first-order valence-electron chi connectivity index (χ1n) is 14.4. The van der Waals surface area contributed by atoms with Crippen molar-refractivity contribution in [1.29, 1.82) is 0 Å². The summed E-state index contributed by atoms with van der Waals surface area (Å²) in [5.41, 5.74) is 7.11. The zero-order valence-electron chi connectivity index (χ0n) is 24.5. The summed E-state index contributed by atoms with van der Waals surface area (Å²) >= 11 is 0. The second-order valence-corrected chi connectivity index (χ2v) is 12.5. The lowest BCUT2D eigenvalue weighted by Crippen LogP contribution is -2.53. The van der Waals surface area contributed by atoms with Gasteiger partial charge in [-0.05, 0) is 83.2 Å². The van der Waals surface area contributed by atoms with Gasteiger partial charge in [-0.25, -0.2) is 4.39 Å². The number of H-pyrrole nitrogens is 1. The molecule has 218 valence electrons. The number of halogens is 1. The van der Waals surface area contributed by atoms with Crippen molar-refractivity contribution >= 4 is 34.3 Å². The summed E-state index contributed by atoms with van der Waals surface area (Å²) in [6, 6.07) is 11.2. The first kappa shape index (κ1) is 28.8. The largest absolute Gasteiger partial charge is 0.356 e. The van der Waals surface area contributed by atoms with E-state index in [1.54, 1.807) is 32.9 Å². The average molecular weight is 562 g/mol. The van der Waals surface area contributed by atoms with E-state index in [-0.39, 0.29) is 23.5 Å². The second kappa shape index (κ2) is 10.6. The molecule has 5 rings (SSSR count). The van der Waals surface area contributed by atoms with E-state index in [1.165, 1.54) is 12.1 Å². The molecule has 0 aliphatic carbocycles. The molecule has 3 heterocycles. The minimum Gasteiger partial charge on any atom is -0.356 e. The molecule has 2 saturated heterocycles. The molecule has 0 saturated carbocycles. The van der Waals surface area contributed by atoms with Gasteiger partial charge in [0.2, 0.25) is 11.8 Å². The molecule has 2 aliphatic rings. The summed E-state index contributed by atoms with van der Waals surface area (Å²) in [4.78, 5) is 48.2. The lowest BCUT2D eigenvalue weighted by molar-refractivity contribution is -0.137. The van der Waals surface area contributed by atoms with Gasteiger partial charge in [0.25, 0.3) is 0 Å². The van der Waals surface area contributed by atoms with Crippen molar-refractivity contribution in [2.45, 2.75) is 71.5 Å². The molecule has 1 aromatic heterocycles.